The molecule has 36 heavy (non-hydrogen) atoms. The van der Waals surface area contributed by atoms with Gasteiger partial charge >= 0.3 is 16.5 Å². The fourth-order valence-electron chi connectivity index (χ4n) is 3.41. The first-order chi connectivity index (χ1) is 16.8. The molecule has 0 spiro atoms. The SMILES string of the molecule is Nc1ncnc2c1ncn2[C@@H]1O[C@H](COS(=O)(=O)NC(=O)c2ccc(C(F)(F)F)cc2O)[C@@H](O)[C@H]1O. The number of aromatic nitrogens is 4. The summed E-state index contributed by atoms with van der Waals surface area (Å²) in [5.41, 5.74) is 4.04. The van der Waals surface area contributed by atoms with Gasteiger partial charge in [-0.1, -0.05) is 0 Å². The molecule has 4 rings (SSSR count). The minimum absolute atomic E-state index is 0.0487. The monoisotopic (exact) mass is 534 g/mol. The third-order valence-corrected chi connectivity index (χ3v) is 6.06. The lowest BCUT2D eigenvalue weighted by Crippen LogP contribution is -2.37. The maximum absolute atomic E-state index is 12.7. The molecule has 0 bridgehead atoms. The number of ether oxygens (including phenoxy) is 1. The summed E-state index contributed by atoms with van der Waals surface area (Å²) in [7, 11) is -4.89. The van der Waals surface area contributed by atoms with Gasteiger partial charge in [0, 0.05) is 0 Å². The number of aliphatic hydroxyl groups excluding tert-OH is 2. The molecule has 14 nitrogen and oxygen atoms in total. The number of halogens is 3. The van der Waals surface area contributed by atoms with Crippen molar-refractivity contribution in [3.63, 3.8) is 0 Å². The first-order valence-electron chi connectivity index (χ1n) is 9.85. The van der Waals surface area contributed by atoms with E-state index in [-0.39, 0.29) is 23.0 Å². The van der Waals surface area contributed by atoms with Crippen LogP contribution in [-0.2, 0) is 25.4 Å². The molecule has 4 atom stereocenters. The summed E-state index contributed by atoms with van der Waals surface area (Å²) in [5, 5.41) is 30.4. The number of nitrogens with zero attached hydrogens (tertiary/aromatic N) is 4. The topological polar surface area (TPSA) is 212 Å². The number of aliphatic hydroxyl groups is 2. The maximum Gasteiger partial charge on any atom is 0.416 e. The molecule has 1 amide bonds. The number of nitrogens with one attached hydrogen (secondary N) is 1. The van der Waals surface area contributed by atoms with Crippen molar-refractivity contribution in [1.29, 1.82) is 0 Å². The zero-order chi connectivity index (χ0) is 26.4. The first-order valence-corrected chi connectivity index (χ1v) is 11.3. The van der Waals surface area contributed by atoms with Crippen molar-refractivity contribution in [2.75, 3.05) is 12.3 Å². The van der Waals surface area contributed by atoms with Crippen LogP contribution in [0.1, 0.15) is 22.1 Å². The number of phenolic OH excluding ortho intramolecular Hbond substituents is 1. The van der Waals surface area contributed by atoms with E-state index in [9.17, 15) is 41.7 Å². The Morgan fingerprint density at radius 1 is 1.22 bits per heavy atom. The van der Waals surface area contributed by atoms with Crippen molar-refractivity contribution in [2.45, 2.75) is 30.7 Å². The van der Waals surface area contributed by atoms with Crippen LogP contribution in [0.15, 0.2) is 30.9 Å². The number of benzene rings is 1. The molecule has 1 aliphatic heterocycles. The van der Waals surface area contributed by atoms with Gasteiger partial charge in [-0.05, 0) is 18.2 Å². The van der Waals surface area contributed by atoms with Crippen molar-refractivity contribution in [3.8, 4) is 5.75 Å². The van der Waals surface area contributed by atoms with E-state index in [2.05, 4.69) is 19.1 Å². The van der Waals surface area contributed by atoms with E-state index in [0.717, 1.165) is 6.33 Å². The van der Waals surface area contributed by atoms with Crippen LogP contribution in [-0.4, -0.2) is 74.1 Å². The second-order valence-electron chi connectivity index (χ2n) is 7.53. The van der Waals surface area contributed by atoms with E-state index in [1.165, 1.54) is 15.6 Å². The quantitative estimate of drug-likeness (QED) is 0.269. The molecule has 194 valence electrons. The Labute approximate surface area is 199 Å². The first kappa shape index (κ1) is 25.5. The minimum atomic E-state index is -4.89. The van der Waals surface area contributed by atoms with Gasteiger partial charge < -0.3 is 25.8 Å². The highest BCUT2D eigenvalue weighted by Crippen LogP contribution is 2.33. The summed E-state index contributed by atoms with van der Waals surface area (Å²) in [6, 6.07) is 1.31. The van der Waals surface area contributed by atoms with Gasteiger partial charge in [0.1, 0.15) is 35.9 Å². The van der Waals surface area contributed by atoms with E-state index in [4.69, 9.17) is 10.5 Å². The fraction of sp³-hybridized carbons (Fsp3) is 0.333. The third kappa shape index (κ3) is 4.88. The maximum atomic E-state index is 12.7. The van der Waals surface area contributed by atoms with Crippen molar-refractivity contribution >= 4 is 33.2 Å². The van der Waals surface area contributed by atoms with Crippen LogP contribution in [0.3, 0.4) is 0 Å². The molecule has 1 aliphatic rings. The lowest BCUT2D eigenvalue weighted by atomic mass is 10.1. The normalized spacial score (nSPS) is 22.7. The highest BCUT2D eigenvalue weighted by atomic mass is 32.2. The standard InChI is InChI=1S/C18H17F3N6O8S/c19-18(20,21)7-1-2-8(9(28)3-7)16(31)26-36(32,33)34-4-10-12(29)13(30)17(35-10)27-6-25-11-14(22)23-5-24-15(11)27/h1-3,5-6,10,12-13,17,28-30H,4H2,(H,26,31)(H2,22,23,24)/t10-,12-,13-,17-/m1/s1. The largest absolute Gasteiger partial charge is 0.507 e. The predicted molar refractivity (Wildman–Crippen MR) is 111 cm³/mol. The number of nitrogens with two attached hydrogens (primary N) is 1. The van der Waals surface area contributed by atoms with E-state index in [1.54, 1.807) is 0 Å². The van der Waals surface area contributed by atoms with Crippen molar-refractivity contribution < 1.29 is 50.6 Å². The number of fused-ring (bicyclic) bond motifs is 1. The van der Waals surface area contributed by atoms with Gasteiger partial charge in [-0.25, -0.2) is 19.7 Å². The summed E-state index contributed by atoms with van der Waals surface area (Å²) < 4.78 is 75.2. The van der Waals surface area contributed by atoms with Crippen LogP contribution in [0.25, 0.3) is 11.2 Å². The zero-order valence-corrected chi connectivity index (χ0v) is 18.5. The average molecular weight is 534 g/mol. The van der Waals surface area contributed by atoms with Crippen LogP contribution in [0, 0.1) is 0 Å². The van der Waals surface area contributed by atoms with Gasteiger partial charge in [-0.3, -0.25) is 13.5 Å². The molecule has 18 heteroatoms. The molecule has 0 saturated carbocycles. The number of imidazole rings is 1. The molecule has 1 saturated heterocycles. The number of alkyl halides is 3. The van der Waals surface area contributed by atoms with Gasteiger partial charge in [0.25, 0.3) is 5.91 Å². The van der Waals surface area contributed by atoms with Crippen molar-refractivity contribution in [3.05, 3.63) is 42.0 Å². The van der Waals surface area contributed by atoms with Gasteiger partial charge in [0.2, 0.25) is 0 Å². The smallest absolute Gasteiger partial charge is 0.416 e. The number of phenols is 1. The Morgan fingerprint density at radius 3 is 2.61 bits per heavy atom. The summed E-state index contributed by atoms with van der Waals surface area (Å²) in [6.45, 7) is -0.875. The molecule has 3 heterocycles. The van der Waals surface area contributed by atoms with Crippen LogP contribution < -0.4 is 10.5 Å². The van der Waals surface area contributed by atoms with E-state index >= 15 is 0 Å². The molecule has 3 aromatic rings. The van der Waals surface area contributed by atoms with E-state index in [1.807, 2.05) is 0 Å². The highest BCUT2D eigenvalue weighted by Gasteiger charge is 2.45. The lowest BCUT2D eigenvalue weighted by Gasteiger charge is -2.16. The molecule has 1 aromatic carbocycles. The van der Waals surface area contributed by atoms with E-state index < -0.39 is 70.4 Å². The van der Waals surface area contributed by atoms with Crippen molar-refractivity contribution in [2.24, 2.45) is 0 Å². The average Bonchev–Trinajstić information content (AvgIpc) is 3.33. The van der Waals surface area contributed by atoms with E-state index in [0.29, 0.717) is 12.1 Å². The Hall–Kier alpha value is -3.58. The van der Waals surface area contributed by atoms with Gasteiger partial charge in [0.15, 0.2) is 17.7 Å². The molecular weight excluding hydrogens is 517 g/mol. The van der Waals surface area contributed by atoms with Gasteiger partial charge in [-0.15, -0.1) is 0 Å². The molecule has 0 radical (unpaired) electrons. The number of nitrogen functional groups attached to an aromatic ring is 1. The number of carbonyl (C=O) groups is 1. The van der Waals surface area contributed by atoms with Gasteiger partial charge in [-0.2, -0.15) is 21.6 Å². The lowest BCUT2D eigenvalue weighted by molar-refractivity contribution is -0.137. The number of rotatable bonds is 6. The predicted octanol–water partition coefficient (Wildman–Crippen LogP) is -0.557. The second kappa shape index (κ2) is 9.13. The highest BCUT2D eigenvalue weighted by molar-refractivity contribution is 7.85. The Balaban J connectivity index is 1.42. The number of amides is 1. The summed E-state index contributed by atoms with van der Waals surface area (Å²) in [4.78, 5) is 23.9. The zero-order valence-electron chi connectivity index (χ0n) is 17.7. The molecule has 0 unspecified atom stereocenters. The summed E-state index contributed by atoms with van der Waals surface area (Å²) in [6.07, 6.45) is -8.34. The summed E-state index contributed by atoms with van der Waals surface area (Å²) >= 11 is 0. The number of anilines is 1. The van der Waals surface area contributed by atoms with Crippen LogP contribution in [0.2, 0.25) is 0 Å². The summed E-state index contributed by atoms with van der Waals surface area (Å²) in [5.74, 6) is -2.54. The fourth-order valence-corrected chi connectivity index (χ4v) is 4.12. The minimum Gasteiger partial charge on any atom is -0.507 e. The van der Waals surface area contributed by atoms with Crippen LogP contribution in [0.5, 0.6) is 5.75 Å². The second-order valence-corrected chi connectivity index (χ2v) is 8.88. The molecule has 6 N–H and O–H groups in total. The number of hydrogen-bond acceptors (Lipinski definition) is 12. The molecule has 2 aromatic heterocycles. The van der Waals surface area contributed by atoms with Crippen LogP contribution in [0.4, 0.5) is 19.0 Å². The molecule has 1 fully saturated rings. The molecule has 0 aliphatic carbocycles. The Morgan fingerprint density at radius 2 is 1.94 bits per heavy atom. The van der Waals surface area contributed by atoms with Crippen LogP contribution >= 0.6 is 0 Å². The van der Waals surface area contributed by atoms with Crippen molar-refractivity contribution in [1.82, 2.24) is 24.2 Å². The third-order valence-electron chi connectivity index (χ3n) is 5.17. The number of carbonyl (C=O) groups excluding carboxylic acids is 1. The number of hydrogen-bond donors (Lipinski definition) is 5. The number of aromatic hydroxyl groups is 1. The molecular formula is C18H17F3N6O8S. The Kier molecular flexibility index (Phi) is 6.47. The Bertz CT molecular complexity index is 1420. The van der Waals surface area contributed by atoms with Gasteiger partial charge in [0.05, 0.1) is 24.1 Å².